The minimum atomic E-state index is 0.0291. The Kier molecular flexibility index (Phi) is 5.12. The molecule has 1 aliphatic rings. The molecule has 1 heterocycles. The Hall–Kier alpha value is -0.710. The van der Waals surface area contributed by atoms with E-state index < -0.39 is 0 Å². The normalized spacial score (nSPS) is 19.2. The van der Waals surface area contributed by atoms with Crippen molar-refractivity contribution in [2.75, 3.05) is 32.4 Å². The van der Waals surface area contributed by atoms with E-state index in [1.165, 1.54) is 4.90 Å². The largest absolute Gasteiger partial charge is 0.335 e. The molecule has 1 saturated heterocycles. The predicted molar refractivity (Wildman–Crippen MR) is 66.5 cm³/mol. The molecule has 0 spiro atoms. The molecule has 0 aromatic rings. The van der Waals surface area contributed by atoms with Gasteiger partial charge >= 0.3 is 0 Å². The average Bonchev–Trinajstić information content (AvgIpc) is 2.22. The van der Waals surface area contributed by atoms with Crippen LogP contribution in [0.3, 0.4) is 0 Å². The molecule has 1 aliphatic heterocycles. The Bertz CT molecular complexity index is 271. The quantitative estimate of drug-likeness (QED) is 0.721. The topological polar surface area (TPSA) is 40.6 Å². The summed E-state index contributed by atoms with van der Waals surface area (Å²) in [5.41, 5.74) is 0. The number of nitrogens with zero attached hydrogens (tertiary/aromatic N) is 2. The number of hydrogen-bond donors (Lipinski definition) is 1. The summed E-state index contributed by atoms with van der Waals surface area (Å²) in [6, 6.07) is 0. The molecule has 0 aromatic carbocycles. The van der Waals surface area contributed by atoms with Crippen molar-refractivity contribution in [2.45, 2.75) is 19.8 Å². The van der Waals surface area contributed by atoms with Crippen LogP contribution in [-0.4, -0.2) is 54.0 Å². The van der Waals surface area contributed by atoms with Crippen LogP contribution in [0, 0.1) is 5.92 Å². The molecule has 5 heteroatoms. The molecule has 0 saturated carbocycles. The molecule has 1 unspecified atom stereocenters. The van der Waals surface area contributed by atoms with Crippen LogP contribution in [0.5, 0.6) is 0 Å². The molecule has 4 nitrogen and oxygen atoms in total. The average molecular weight is 244 g/mol. The van der Waals surface area contributed by atoms with E-state index in [2.05, 4.69) is 19.6 Å². The van der Waals surface area contributed by atoms with E-state index in [9.17, 15) is 9.59 Å². The molecular formula is C11H20N2O2S. The Morgan fingerprint density at radius 3 is 2.56 bits per heavy atom. The highest BCUT2D eigenvalue weighted by atomic mass is 32.1. The summed E-state index contributed by atoms with van der Waals surface area (Å²) in [7, 11) is 1.67. The highest BCUT2D eigenvalue weighted by Gasteiger charge is 2.27. The molecule has 1 atom stereocenters. The summed E-state index contributed by atoms with van der Waals surface area (Å²) >= 11 is 4.18. The molecule has 16 heavy (non-hydrogen) atoms. The lowest BCUT2D eigenvalue weighted by Gasteiger charge is -2.32. The van der Waals surface area contributed by atoms with Crippen LogP contribution in [0.1, 0.15) is 19.8 Å². The molecular weight excluding hydrogens is 224 g/mol. The Morgan fingerprint density at radius 2 is 1.94 bits per heavy atom. The Labute approximate surface area is 102 Å². The first-order valence-corrected chi connectivity index (χ1v) is 6.30. The van der Waals surface area contributed by atoms with Crippen molar-refractivity contribution < 1.29 is 9.59 Å². The number of hydrogen-bond acceptors (Lipinski definition) is 3. The number of likely N-dealkylation sites (N-methyl/N-ethyl adjacent to an activating group) is 1. The number of carbonyl (C=O) groups excluding carboxylic acids is 2. The van der Waals surface area contributed by atoms with Crippen LogP contribution in [0.4, 0.5) is 0 Å². The van der Waals surface area contributed by atoms with Crippen molar-refractivity contribution >= 4 is 24.4 Å². The van der Waals surface area contributed by atoms with Gasteiger partial charge in [0.05, 0.1) is 13.1 Å². The molecule has 0 bridgehead atoms. The molecule has 0 aliphatic carbocycles. The SMILES string of the molecule is CC(CCS)CCN1CC(=O)N(C)CC1=O. The van der Waals surface area contributed by atoms with Crippen molar-refractivity contribution in [1.82, 2.24) is 9.80 Å². The highest BCUT2D eigenvalue weighted by molar-refractivity contribution is 7.80. The van der Waals surface area contributed by atoms with Gasteiger partial charge in [-0.25, -0.2) is 0 Å². The van der Waals surface area contributed by atoms with E-state index >= 15 is 0 Å². The number of rotatable bonds is 5. The number of piperazine rings is 1. The second kappa shape index (κ2) is 6.13. The zero-order chi connectivity index (χ0) is 12.1. The maximum Gasteiger partial charge on any atom is 0.242 e. The van der Waals surface area contributed by atoms with Gasteiger partial charge in [-0.3, -0.25) is 9.59 Å². The summed E-state index contributed by atoms with van der Waals surface area (Å²) in [4.78, 5) is 26.2. The van der Waals surface area contributed by atoms with E-state index in [1.807, 2.05) is 0 Å². The van der Waals surface area contributed by atoms with E-state index in [-0.39, 0.29) is 24.9 Å². The molecule has 1 rings (SSSR count). The summed E-state index contributed by atoms with van der Waals surface area (Å²) < 4.78 is 0. The fourth-order valence-electron chi connectivity index (χ4n) is 1.71. The number of thiol groups is 1. The van der Waals surface area contributed by atoms with Crippen LogP contribution < -0.4 is 0 Å². The third kappa shape index (κ3) is 3.70. The summed E-state index contributed by atoms with van der Waals surface area (Å²) in [5.74, 6) is 1.51. The van der Waals surface area contributed by atoms with Gasteiger partial charge in [0, 0.05) is 13.6 Å². The van der Waals surface area contributed by atoms with Gasteiger partial charge in [-0.2, -0.15) is 12.6 Å². The van der Waals surface area contributed by atoms with Crippen LogP contribution in [0.2, 0.25) is 0 Å². The second-order valence-corrected chi connectivity index (χ2v) is 4.92. The zero-order valence-corrected chi connectivity index (χ0v) is 10.9. The lowest BCUT2D eigenvalue weighted by atomic mass is 10.0. The van der Waals surface area contributed by atoms with Crippen molar-refractivity contribution in [2.24, 2.45) is 5.92 Å². The fourth-order valence-corrected chi connectivity index (χ4v) is 2.15. The van der Waals surface area contributed by atoms with Crippen LogP contribution in [-0.2, 0) is 9.59 Å². The third-order valence-electron chi connectivity index (χ3n) is 2.99. The molecule has 2 amide bonds. The number of amides is 2. The molecule has 0 aromatic heterocycles. The van der Waals surface area contributed by atoms with Crippen molar-refractivity contribution in [3.05, 3.63) is 0 Å². The maximum absolute atomic E-state index is 11.6. The second-order valence-electron chi connectivity index (χ2n) is 4.47. The van der Waals surface area contributed by atoms with Gasteiger partial charge in [-0.05, 0) is 24.5 Å². The predicted octanol–water partition coefficient (Wildman–Crippen LogP) is 0.633. The van der Waals surface area contributed by atoms with Crippen LogP contribution in [0.15, 0.2) is 0 Å². The van der Waals surface area contributed by atoms with E-state index in [1.54, 1.807) is 11.9 Å². The molecule has 0 radical (unpaired) electrons. The first-order chi connectivity index (χ1) is 7.54. The van der Waals surface area contributed by atoms with Crippen LogP contribution in [0.25, 0.3) is 0 Å². The van der Waals surface area contributed by atoms with Gasteiger partial charge in [-0.15, -0.1) is 0 Å². The first-order valence-electron chi connectivity index (χ1n) is 5.67. The Morgan fingerprint density at radius 1 is 1.25 bits per heavy atom. The molecule has 1 fully saturated rings. The van der Waals surface area contributed by atoms with Gasteiger partial charge in [0.25, 0.3) is 0 Å². The van der Waals surface area contributed by atoms with Gasteiger partial charge in [0.15, 0.2) is 0 Å². The monoisotopic (exact) mass is 244 g/mol. The summed E-state index contributed by atoms with van der Waals surface area (Å²) in [6.45, 7) is 3.30. The Balaban J connectivity index is 2.36. The summed E-state index contributed by atoms with van der Waals surface area (Å²) in [6.07, 6.45) is 2.00. The van der Waals surface area contributed by atoms with E-state index in [0.717, 1.165) is 18.6 Å². The number of carbonyl (C=O) groups is 2. The minimum Gasteiger partial charge on any atom is -0.335 e. The van der Waals surface area contributed by atoms with Crippen molar-refractivity contribution in [3.63, 3.8) is 0 Å². The highest BCUT2D eigenvalue weighted by Crippen LogP contribution is 2.11. The zero-order valence-electron chi connectivity index (χ0n) is 9.98. The van der Waals surface area contributed by atoms with Gasteiger partial charge in [0.2, 0.25) is 11.8 Å². The molecule has 0 N–H and O–H groups in total. The maximum atomic E-state index is 11.6. The fraction of sp³-hybridized carbons (Fsp3) is 0.818. The van der Waals surface area contributed by atoms with Crippen molar-refractivity contribution in [3.8, 4) is 0 Å². The third-order valence-corrected chi connectivity index (χ3v) is 3.25. The van der Waals surface area contributed by atoms with Gasteiger partial charge < -0.3 is 9.80 Å². The molecule has 92 valence electrons. The van der Waals surface area contributed by atoms with Crippen molar-refractivity contribution in [1.29, 1.82) is 0 Å². The lowest BCUT2D eigenvalue weighted by Crippen LogP contribution is -2.52. The van der Waals surface area contributed by atoms with E-state index in [0.29, 0.717) is 12.5 Å². The standard InChI is InChI=1S/C11H20N2O2S/c1-9(4-6-16)3-5-13-8-10(14)12(2)7-11(13)15/h9,16H,3-8H2,1-2H3. The van der Waals surface area contributed by atoms with Gasteiger partial charge in [0.1, 0.15) is 0 Å². The van der Waals surface area contributed by atoms with E-state index in [4.69, 9.17) is 0 Å². The lowest BCUT2D eigenvalue weighted by molar-refractivity contribution is -0.148. The van der Waals surface area contributed by atoms with Gasteiger partial charge in [-0.1, -0.05) is 6.92 Å². The smallest absolute Gasteiger partial charge is 0.242 e. The first kappa shape index (κ1) is 13.4. The minimum absolute atomic E-state index is 0.0291. The van der Waals surface area contributed by atoms with Crippen LogP contribution >= 0.6 is 12.6 Å². The summed E-state index contributed by atoms with van der Waals surface area (Å²) in [5, 5.41) is 0.